The second kappa shape index (κ2) is 6.17. The van der Waals surface area contributed by atoms with E-state index in [1.54, 1.807) is 24.3 Å². The van der Waals surface area contributed by atoms with Crippen LogP contribution in [0.2, 0.25) is 0 Å². The molecule has 1 rings (SSSR count). The summed E-state index contributed by atoms with van der Waals surface area (Å²) in [6.07, 6.45) is 0.649. The molecule has 0 saturated carbocycles. The van der Waals surface area contributed by atoms with E-state index >= 15 is 0 Å². The molecule has 0 aliphatic rings. The van der Waals surface area contributed by atoms with Crippen molar-refractivity contribution in [2.45, 2.75) is 17.7 Å². The lowest BCUT2D eigenvalue weighted by Crippen LogP contribution is -1.99. The van der Waals surface area contributed by atoms with Gasteiger partial charge in [-0.2, -0.15) is 0 Å². The number of carboxylic acids is 2. The fraction of sp³-hybridized carbons (Fsp3) is 0.273. The summed E-state index contributed by atoms with van der Waals surface area (Å²) in [4.78, 5) is 21.8. The molecule has 2 N–H and O–H groups in total. The molecule has 16 heavy (non-hydrogen) atoms. The second-order valence-corrected chi connectivity index (χ2v) is 4.28. The minimum absolute atomic E-state index is 0.113. The van der Waals surface area contributed by atoms with Crippen LogP contribution in [0.15, 0.2) is 29.2 Å². The Morgan fingerprint density at radius 3 is 2.50 bits per heavy atom. The van der Waals surface area contributed by atoms with E-state index in [0.717, 1.165) is 0 Å². The summed E-state index contributed by atoms with van der Waals surface area (Å²) >= 11 is 1.37. The van der Waals surface area contributed by atoms with E-state index < -0.39 is 11.9 Å². The predicted octanol–water partition coefficient (Wildman–Crippen LogP) is 2.34. The minimum atomic E-state index is -0.957. The fourth-order valence-corrected chi connectivity index (χ4v) is 2.17. The summed E-state index contributed by atoms with van der Waals surface area (Å²) in [7, 11) is 0. The Balaban J connectivity index is 2.53. The molecule has 0 spiro atoms. The summed E-state index contributed by atoms with van der Waals surface area (Å²) < 4.78 is 0. The highest BCUT2D eigenvalue weighted by molar-refractivity contribution is 7.99. The summed E-state index contributed by atoms with van der Waals surface area (Å²) in [5, 5.41) is 17.4. The maximum Gasteiger partial charge on any atom is 0.336 e. The normalized spacial score (nSPS) is 10.0. The summed E-state index contributed by atoms with van der Waals surface area (Å²) in [5.74, 6) is -1.18. The molecular formula is C11H12O4S. The number of hydrogen-bond donors (Lipinski definition) is 2. The average Bonchev–Trinajstić information content (AvgIpc) is 2.24. The van der Waals surface area contributed by atoms with Crippen molar-refractivity contribution in [1.29, 1.82) is 0 Å². The van der Waals surface area contributed by atoms with Gasteiger partial charge in [-0.3, -0.25) is 4.79 Å². The van der Waals surface area contributed by atoms with Crippen LogP contribution < -0.4 is 0 Å². The Kier molecular flexibility index (Phi) is 4.85. The molecule has 0 atom stereocenters. The van der Waals surface area contributed by atoms with Gasteiger partial charge in [-0.1, -0.05) is 12.1 Å². The number of carbonyl (C=O) groups is 2. The molecule has 0 aromatic heterocycles. The van der Waals surface area contributed by atoms with Gasteiger partial charge in [-0.15, -0.1) is 11.8 Å². The van der Waals surface area contributed by atoms with Crippen LogP contribution in [-0.2, 0) is 4.79 Å². The average molecular weight is 240 g/mol. The lowest BCUT2D eigenvalue weighted by Gasteiger charge is -2.04. The van der Waals surface area contributed by atoms with Crippen molar-refractivity contribution in [3.63, 3.8) is 0 Å². The molecule has 5 heteroatoms. The van der Waals surface area contributed by atoms with E-state index in [-0.39, 0.29) is 12.0 Å². The molecule has 0 saturated heterocycles. The zero-order valence-corrected chi connectivity index (χ0v) is 9.37. The van der Waals surface area contributed by atoms with E-state index in [4.69, 9.17) is 10.2 Å². The van der Waals surface area contributed by atoms with Crippen molar-refractivity contribution in [2.75, 3.05) is 5.75 Å². The summed E-state index contributed by atoms with van der Waals surface area (Å²) in [5.41, 5.74) is 0.267. The first-order chi connectivity index (χ1) is 7.61. The number of aliphatic carboxylic acids is 1. The third-order valence-corrected chi connectivity index (χ3v) is 3.07. The molecule has 86 valence electrons. The minimum Gasteiger partial charge on any atom is -0.481 e. The lowest BCUT2D eigenvalue weighted by atomic mass is 10.2. The third-order valence-electron chi connectivity index (χ3n) is 1.91. The van der Waals surface area contributed by atoms with E-state index in [2.05, 4.69) is 0 Å². The van der Waals surface area contributed by atoms with Crippen molar-refractivity contribution in [2.24, 2.45) is 0 Å². The first-order valence-electron chi connectivity index (χ1n) is 4.78. The number of rotatable bonds is 6. The number of hydrogen-bond acceptors (Lipinski definition) is 3. The van der Waals surface area contributed by atoms with E-state index in [1.807, 2.05) is 0 Å². The predicted molar refractivity (Wildman–Crippen MR) is 61.0 cm³/mol. The third kappa shape index (κ3) is 3.94. The highest BCUT2D eigenvalue weighted by atomic mass is 32.2. The van der Waals surface area contributed by atoms with Gasteiger partial charge in [-0.05, 0) is 24.3 Å². The first-order valence-corrected chi connectivity index (χ1v) is 5.76. The van der Waals surface area contributed by atoms with Crippen LogP contribution in [0.1, 0.15) is 23.2 Å². The number of aromatic carboxylic acids is 1. The molecule has 1 aromatic carbocycles. The Morgan fingerprint density at radius 1 is 1.19 bits per heavy atom. The molecule has 4 nitrogen and oxygen atoms in total. The molecule has 0 heterocycles. The molecule has 0 fully saturated rings. The summed E-state index contributed by atoms with van der Waals surface area (Å²) in [6.45, 7) is 0. The molecule has 0 unspecified atom stereocenters. The zero-order valence-electron chi connectivity index (χ0n) is 8.55. The van der Waals surface area contributed by atoms with Crippen LogP contribution in [0, 0.1) is 0 Å². The lowest BCUT2D eigenvalue weighted by molar-refractivity contribution is -0.137. The van der Waals surface area contributed by atoms with Crippen LogP contribution in [0.25, 0.3) is 0 Å². The molecule has 0 amide bonds. The highest BCUT2D eigenvalue weighted by Gasteiger charge is 2.09. The molecule has 0 aliphatic carbocycles. The Bertz CT molecular complexity index is 389. The quantitative estimate of drug-likeness (QED) is 0.589. The van der Waals surface area contributed by atoms with Crippen molar-refractivity contribution in [3.05, 3.63) is 29.8 Å². The smallest absolute Gasteiger partial charge is 0.336 e. The van der Waals surface area contributed by atoms with Crippen LogP contribution >= 0.6 is 11.8 Å². The second-order valence-electron chi connectivity index (χ2n) is 3.15. The standard InChI is InChI=1S/C11H12O4S/c12-10(13)6-3-7-16-9-5-2-1-4-8(9)11(14)15/h1-2,4-5H,3,6-7H2,(H,12,13)(H,14,15). The number of benzene rings is 1. The van der Waals surface area contributed by atoms with Gasteiger partial charge in [0.25, 0.3) is 0 Å². The zero-order chi connectivity index (χ0) is 12.0. The van der Waals surface area contributed by atoms with Gasteiger partial charge in [0.05, 0.1) is 5.56 Å². The Morgan fingerprint density at radius 2 is 1.88 bits per heavy atom. The topological polar surface area (TPSA) is 74.6 Å². The first kappa shape index (κ1) is 12.6. The van der Waals surface area contributed by atoms with E-state index in [9.17, 15) is 9.59 Å². The molecule has 0 radical (unpaired) electrons. The van der Waals surface area contributed by atoms with Crippen molar-refractivity contribution in [3.8, 4) is 0 Å². The van der Waals surface area contributed by atoms with E-state index in [0.29, 0.717) is 17.1 Å². The van der Waals surface area contributed by atoms with Gasteiger partial charge in [0.2, 0.25) is 0 Å². The van der Waals surface area contributed by atoms with E-state index in [1.165, 1.54) is 11.8 Å². The van der Waals surface area contributed by atoms with Gasteiger partial charge in [-0.25, -0.2) is 4.79 Å². The Hall–Kier alpha value is -1.49. The van der Waals surface area contributed by atoms with Gasteiger partial charge in [0, 0.05) is 11.3 Å². The number of carboxylic acid groups (broad SMARTS) is 2. The number of thioether (sulfide) groups is 1. The van der Waals surface area contributed by atoms with Gasteiger partial charge >= 0.3 is 11.9 Å². The molecule has 0 aliphatic heterocycles. The molecule has 1 aromatic rings. The molecule has 0 bridgehead atoms. The van der Waals surface area contributed by atoms with Crippen molar-refractivity contribution < 1.29 is 19.8 Å². The van der Waals surface area contributed by atoms with Gasteiger partial charge in [0.1, 0.15) is 0 Å². The maximum absolute atomic E-state index is 10.9. The van der Waals surface area contributed by atoms with Crippen LogP contribution in [0.3, 0.4) is 0 Å². The monoisotopic (exact) mass is 240 g/mol. The van der Waals surface area contributed by atoms with Crippen LogP contribution in [0.5, 0.6) is 0 Å². The van der Waals surface area contributed by atoms with Crippen LogP contribution in [0.4, 0.5) is 0 Å². The van der Waals surface area contributed by atoms with Gasteiger partial charge < -0.3 is 10.2 Å². The van der Waals surface area contributed by atoms with Crippen molar-refractivity contribution >= 4 is 23.7 Å². The van der Waals surface area contributed by atoms with Crippen LogP contribution in [-0.4, -0.2) is 27.9 Å². The fourth-order valence-electron chi connectivity index (χ4n) is 1.17. The largest absolute Gasteiger partial charge is 0.481 e. The van der Waals surface area contributed by atoms with Gasteiger partial charge in [0.15, 0.2) is 0 Å². The SMILES string of the molecule is O=C(O)CCCSc1ccccc1C(=O)O. The summed E-state index contributed by atoms with van der Waals surface area (Å²) in [6, 6.07) is 6.72. The highest BCUT2D eigenvalue weighted by Crippen LogP contribution is 2.23. The Labute approximate surface area is 97.3 Å². The maximum atomic E-state index is 10.9. The molecular weight excluding hydrogens is 228 g/mol. The van der Waals surface area contributed by atoms with Crippen molar-refractivity contribution in [1.82, 2.24) is 0 Å².